The molecule has 11 heteroatoms. The number of hydrogen-bond donors (Lipinski definition) is 2. The van der Waals surface area contributed by atoms with Gasteiger partial charge >= 0.3 is 6.09 Å². The van der Waals surface area contributed by atoms with Crippen molar-refractivity contribution in [2.45, 2.75) is 70.2 Å². The van der Waals surface area contributed by atoms with Crippen molar-refractivity contribution in [1.82, 2.24) is 24.2 Å². The summed E-state index contributed by atoms with van der Waals surface area (Å²) < 4.78 is 20.1. The first kappa shape index (κ1) is 25.8. The molecule has 2 N–H and O–H groups in total. The zero-order valence-corrected chi connectivity index (χ0v) is 21.8. The van der Waals surface area contributed by atoms with E-state index in [1.165, 1.54) is 11.1 Å². The van der Waals surface area contributed by atoms with E-state index in [2.05, 4.69) is 15.3 Å². The quantitative estimate of drug-likeness (QED) is 0.537. The summed E-state index contributed by atoms with van der Waals surface area (Å²) in [6.45, 7) is 9.18. The number of fused-ring (bicyclic) bond motifs is 1. The number of amides is 2. The number of nitrogens with one attached hydrogen (secondary N) is 1. The van der Waals surface area contributed by atoms with E-state index in [1.807, 2.05) is 38.1 Å². The summed E-state index contributed by atoms with van der Waals surface area (Å²) in [6, 6.07) is 6.62. The van der Waals surface area contributed by atoms with Crippen LogP contribution in [0.15, 0.2) is 41.6 Å². The van der Waals surface area contributed by atoms with Crippen LogP contribution in [-0.2, 0) is 27.1 Å². The number of aliphatic hydroxyl groups excluding tert-OH is 1. The number of aromatic nitrogens is 3. The molecule has 0 bridgehead atoms. The third-order valence-electron chi connectivity index (χ3n) is 5.75. The topological polar surface area (TPSA) is 127 Å². The maximum Gasteiger partial charge on any atom is 0.411 e. The Kier molecular flexibility index (Phi) is 7.14. The van der Waals surface area contributed by atoms with Crippen LogP contribution in [0.5, 0.6) is 0 Å². The Balaban J connectivity index is 1.47. The molecule has 3 atom stereocenters. The van der Waals surface area contributed by atoms with Crippen LogP contribution >= 0.6 is 0 Å². The molecule has 1 aliphatic heterocycles. The van der Waals surface area contributed by atoms with Gasteiger partial charge in [-0.1, -0.05) is 17.7 Å². The predicted octanol–water partition coefficient (Wildman–Crippen LogP) is 2.61. The van der Waals surface area contributed by atoms with Crippen molar-refractivity contribution in [2.75, 3.05) is 6.54 Å². The summed E-state index contributed by atoms with van der Waals surface area (Å²) in [7, 11) is -1.48. The van der Waals surface area contributed by atoms with Crippen LogP contribution in [0, 0.1) is 13.8 Å². The fourth-order valence-corrected chi connectivity index (χ4v) is 5.14. The molecule has 0 spiro atoms. The van der Waals surface area contributed by atoms with Gasteiger partial charge in [-0.15, -0.1) is 0 Å². The highest BCUT2D eigenvalue weighted by Gasteiger charge is 2.40. The predicted molar refractivity (Wildman–Crippen MR) is 134 cm³/mol. The molecule has 36 heavy (non-hydrogen) atoms. The van der Waals surface area contributed by atoms with Crippen molar-refractivity contribution in [2.24, 2.45) is 0 Å². The molecule has 1 aromatic carbocycles. The van der Waals surface area contributed by atoms with Crippen molar-refractivity contribution in [3.8, 4) is 0 Å². The van der Waals surface area contributed by atoms with E-state index in [0.717, 1.165) is 11.1 Å². The van der Waals surface area contributed by atoms with Crippen LogP contribution in [0.1, 0.15) is 44.0 Å². The minimum Gasteiger partial charge on any atom is -0.444 e. The van der Waals surface area contributed by atoms with E-state index >= 15 is 0 Å². The average Bonchev–Trinajstić information content (AvgIpc) is 3.36. The summed E-state index contributed by atoms with van der Waals surface area (Å²) in [5, 5.41) is 12.8. The fraction of sp³-hybridized carbons (Fsp3) is 0.440. The largest absolute Gasteiger partial charge is 0.444 e. The summed E-state index contributed by atoms with van der Waals surface area (Å²) in [6.07, 6.45) is 1.96. The van der Waals surface area contributed by atoms with Gasteiger partial charge in [-0.05, 0) is 52.3 Å². The SMILES string of the molecule is Cc1ccc(S(=O)n2cc(C)c3nc(CNC(=O)C4CC(O)CN4C(=O)OC(C)(C)C)cnc32)cc1. The van der Waals surface area contributed by atoms with Crippen molar-refractivity contribution < 1.29 is 23.6 Å². The maximum atomic E-state index is 13.1. The first-order valence-corrected chi connectivity index (χ1v) is 12.8. The monoisotopic (exact) mass is 513 g/mol. The first-order chi connectivity index (χ1) is 16.9. The Morgan fingerprint density at radius 1 is 1.22 bits per heavy atom. The number of rotatable bonds is 5. The molecule has 2 aromatic heterocycles. The zero-order chi connectivity index (χ0) is 26.2. The van der Waals surface area contributed by atoms with Gasteiger partial charge in [-0.2, -0.15) is 0 Å². The standard InChI is InChI=1S/C25H31N5O5S/c1-15-6-8-19(9-7-15)36(34)30-13-16(2)21-22(30)26-11-17(28-21)12-27-23(32)20-10-18(31)14-29(20)24(33)35-25(3,4)5/h6-9,11,13,18,20,31H,10,12,14H2,1-5H3,(H,27,32). The Labute approximate surface area is 212 Å². The molecule has 2 amide bonds. The molecule has 1 fully saturated rings. The fourth-order valence-electron chi connectivity index (χ4n) is 4.00. The van der Waals surface area contributed by atoms with Gasteiger partial charge < -0.3 is 15.2 Å². The zero-order valence-electron chi connectivity index (χ0n) is 21.0. The molecule has 3 heterocycles. The second-order valence-corrected chi connectivity index (χ2v) is 11.4. The molecule has 1 saturated heterocycles. The first-order valence-electron chi connectivity index (χ1n) is 11.7. The molecule has 192 valence electrons. The molecule has 0 radical (unpaired) electrons. The lowest BCUT2D eigenvalue weighted by molar-refractivity contribution is -0.125. The number of aliphatic hydroxyl groups is 1. The number of ether oxygens (including phenoxy) is 1. The lowest BCUT2D eigenvalue weighted by atomic mass is 10.2. The summed E-state index contributed by atoms with van der Waals surface area (Å²) in [5.41, 5.74) is 2.76. The Bertz CT molecular complexity index is 1310. The van der Waals surface area contributed by atoms with Crippen molar-refractivity contribution in [3.05, 3.63) is 53.5 Å². The number of aryl methyl sites for hydroxylation is 2. The van der Waals surface area contributed by atoms with Crippen molar-refractivity contribution in [1.29, 1.82) is 0 Å². The van der Waals surface area contributed by atoms with Crippen molar-refractivity contribution >= 4 is 34.1 Å². The van der Waals surface area contributed by atoms with Crippen LogP contribution in [0.3, 0.4) is 0 Å². The molecule has 1 aliphatic rings. The van der Waals surface area contributed by atoms with Crippen LogP contribution in [0.25, 0.3) is 11.2 Å². The van der Waals surface area contributed by atoms with Crippen molar-refractivity contribution in [3.63, 3.8) is 0 Å². The van der Waals surface area contributed by atoms with Gasteiger partial charge in [0.15, 0.2) is 16.6 Å². The smallest absolute Gasteiger partial charge is 0.411 e. The summed E-state index contributed by atoms with van der Waals surface area (Å²) in [5.74, 6) is -0.408. The number of β-amino-alcohol motifs (C(OH)–C–C–N with tert-alkyl or cyclic N) is 1. The molecule has 10 nitrogen and oxygen atoms in total. The van der Waals surface area contributed by atoms with Gasteiger partial charge in [-0.3, -0.25) is 9.69 Å². The molecule has 4 rings (SSSR count). The lowest BCUT2D eigenvalue weighted by Gasteiger charge is -2.27. The third kappa shape index (κ3) is 5.57. The van der Waals surface area contributed by atoms with Gasteiger partial charge in [0.1, 0.15) is 17.2 Å². The highest BCUT2D eigenvalue weighted by atomic mass is 32.2. The molecule has 3 unspecified atom stereocenters. The van der Waals surface area contributed by atoms with Gasteiger partial charge in [0, 0.05) is 12.6 Å². The van der Waals surface area contributed by atoms with Crippen LogP contribution < -0.4 is 5.32 Å². The van der Waals surface area contributed by atoms with E-state index < -0.39 is 40.7 Å². The second kappa shape index (κ2) is 9.98. The number of hydrogen-bond acceptors (Lipinski definition) is 7. The molecular weight excluding hydrogens is 482 g/mol. The number of carbonyl (C=O) groups excluding carboxylic acids is 2. The summed E-state index contributed by atoms with van der Waals surface area (Å²) >= 11 is 0. The highest BCUT2D eigenvalue weighted by Crippen LogP contribution is 2.23. The van der Waals surface area contributed by atoms with Crippen LogP contribution in [0.4, 0.5) is 4.79 Å². The molecule has 3 aromatic rings. The van der Waals surface area contributed by atoms with Gasteiger partial charge in [-0.25, -0.2) is 22.9 Å². The molecule has 0 aliphatic carbocycles. The number of benzene rings is 1. The molecular formula is C25H31N5O5S. The number of likely N-dealkylation sites (tertiary alicyclic amines) is 1. The Morgan fingerprint density at radius 2 is 1.92 bits per heavy atom. The minimum atomic E-state index is -1.48. The normalized spacial score (nSPS) is 18.9. The third-order valence-corrected chi connectivity index (χ3v) is 7.06. The minimum absolute atomic E-state index is 0.0313. The second-order valence-electron chi connectivity index (χ2n) is 9.99. The maximum absolute atomic E-state index is 13.1. The average molecular weight is 514 g/mol. The van der Waals surface area contributed by atoms with Crippen LogP contribution in [0.2, 0.25) is 0 Å². The lowest BCUT2D eigenvalue weighted by Crippen LogP contribution is -2.47. The van der Waals surface area contributed by atoms with Crippen LogP contribution in [-0.4, -0.2) is 64.4 Å². The Hall–Kier alpha value is -3.31. The number of nitrogens with zero attached hydrogens (tertiary/aromatic N) is 4. The van der Waals surface area contributed by atoms with E-state index in [9.17, 15) is 18.9 Å². The van der Waals surface area contributed by atoms with E-state index in [-0.39, 0.29) is 19.5 Å². The molecule has 0 saturated carbocycles. The van der Waals surface area contributed by atoms with Gasteiger partial charge in [0.2, 0.25) is 5.91 Å². The van der Waals surface area contributed by atoms with Gasteiger partial charge in [0.05, 0.1) is 36.0 Å². The highest BCUT2D eigenvalue weighted by molar-refractivity contribution is 7.83. The van der Waals surface area contributed by atoms with E-state index in [4.69, 9.17) is 4.74 Å². The van der Waals surface area contributed by atoms with E-state index in [0.29, 0.717) is 21.8 Å². The van der Waals surface area contributed by atoms with Gasteiger partial charge in [0.25, 0.3) is 0 Å². The summed E-state index contributed by atoms with van der Waals surface area (Å²) in [4.78, 5) is 36.4. The Morgan fingerprint density at radius 3 is 2.58 bits per heavy atom. The number of carbonyl (C=O) groups is 2. The van der Waals surface area contributed by atoms with E-state index in [1.54, 1.807) is 30.9 Å².